The van der Waals surface area contributed by atoms with Crippen LogP contribution in [0.25, 0.3) is 0 Å². The van der Waals surface area contributed by atoms with Gasteiger partial charge in [-0.1, -0.05) is 164 Å². The summed E-state index contributed by atoms with van der Waals surface area (Å²) in [5.74, 6) is 2.17. The van der Waals surface area contributed by atoms with Gasteiger partial charge in [-0.3, -0.25) is 14.7 Å². The Morgan fingerprint density at radius 3 is 1.68 bits per heavy atom. The van der Waals surface area contributed by atoms with Gasteiger partial charge in [-0.2, -0.15) is 0 Å². The first-order valence-corrected chi connectivity index (χ1v) is 22.7. The molecule has 0 radical (unpaired) electrons. The summed E-state index contributed by atoms with van der Waals surface area (Å²) < 4.78 is 0. The molecule has 4 aliphatic heterocycles. The van der Waals surface area contributed by atoms with Gasteiger partial charge in [0.2, 0.25) is 0 Å². The second-order valence-electron chi connectivity index (χ2n) is 17.6. The molecule has 306 valence electrons. The molecule has 0 spiro atoms. The van der Waals surface area contributed by atoms with Crippen LogP contribution in [-0.4, -0.2) is 85.0 Å². The lowest BCUT2D eigenvalue weighted by Crippen LogP contribution is -2.35. The molecule has 5 aromatic carbocycles. The highest BCUT2D eigenvalue weighted by Gasteiger charge is 2.35. The Labute approximate surface area is 355 Å². The van der Waals surface area contributed by atoms with Gasteiger partial charge in [0.25, 0.3) is 0 Å². The van der Waals surface area contributed by atoms with Gasteiger partial charge >= 0.3 is 0 Å². The van der Waals surface area contributed by atoms with Crippen LogP contribution in [0.3, 0.4) is 0 Å². The standard InChI is InChI=1S/C28H32N2.C21H28N2.C6H6/c1-3-9-23(10-4-1)19-30-21-27(28(22-30)26-13-5-2-6-14-26)20-29-17-15-24-11-7-8-12-25(24)16-18-29;1-2-6-18(7-3-1)14-22-12-10-19(15-22)16-23-13-11-20-8-4-5-9-21(20)17-23;1-2-4-6-5-3-1/h1-14,27-28H,15-22H2;2,4-9,19H,1,3,10-17H2;1-6H/t27?,28-;19-;/m11./s1. The number of benzene rings is 5. The van der Waals surface area contributed by atoms with Crippen molar-refractivity contribution in [1.29, 1.82) is 0 Å². The molecule has 59 heavy (non-hydrogen) atoms. The van der Waals surface area contributed by atoms with Crippen LogP contribution >= 0.6 is 0 Å². The molecule has 0 bridgehead atoms. The van der Waals surface area contributed by atoms with Crippen molar-refractivity contribution in [2.75, 3.05) is 65.4 Å². The van der Waals surface area contributed by atoms with Gasteiger partial charge < -0.3 is 4.90 Å². The summed E-state index contributed by atoms with van der Waals surface area (Å²) in [6.45, 7) is 14.4. The monoisotopic (exact) mass is 783 g/mol. The summed E-state index contributed by atoms with van der Waals surface area (Å²) in [6, 6.07) is 52.2. The van der Waals surface area contributed by atoms with Crippen molar-refractivity contribution in [3.8, 4) is 0 Å². The molecule has 3 atom stereocenters. The molecule has 5 aromatic rings. The molecule has 0 N–H and O–H groups in total. The molecule has 2 fully saturated rings. The predicted octanol–water partition coefficient (Wildman–Crippen LogP) is 10.3. The zero-order chi connectivity index (χ0) is 39.9. The number of hydrogen-bond acceptors (Lipinski definition) is 4. The van der Waals surface area contributed by atoms with E-state index in [1.54, 1.807) is 22.3 Å². The number of likely N-dealkylation sites (tertiary alicyclic amines) is 2. The van der Waals surface area contributed by atoms with E-state index in [1.807, 2.05) is 36.4 Å². The van der Waals surface area contributed by atoms with E-state index in [9.17, 15) is 0 Å². The Bertz CT molecular complexity index is 1990. The van der Waals surface area contributed by atoms with Gasteiger partial charge in [0.05, 0.1) is 0 Å². The van der Waals surface area contributed by atoms with Crippen LogP contribution in [-0.2, 0) is 32.4 Å². The van der Waals surface area contributed by atoms with E-state index in [-0.39, 0.29) is 0 Å². The van der Waals surface area contributed by atoms with Crippen LogP contribution in [0.2, 0.25) is 0 Å². The topological polar surface area (TPSA) is 13.0 Å². The quantitative estimate of drug-likeness (QED) is 0.148. The Balaban J connectivity index is 0.000000147. The molecule has 4 heterocycles. The Kier molecular flexibility index (Phi) is 15.1. The SMILES string of the molecule is C1=CC(CN2CC[C@@H](CN3CCc4ccccc4C3)C2)=CCC1.c1ccc(CN2CC(CN3CCc4ccccc4CC3)[C@@H](c3ccccc3)C2)cc1.c1ccccc1. The van der Waals surface area contributed by atoms with Crippen molar-refractivity contribution in [3.05, 3.63) is 203 Å². The van der Waals surface area contributed by atoms with E-state index in [2.05, 4.69) is 147 Å². The third-order valence-corrected chi connectivity index (χ3v) is 13.2. The summed E-state index contributed by atoms with van der Waals surface area (Å²) in [7, 11) is 0. The first-order chi connectivity index (χ1) is 29.2. The minimum atomic E-state index is 0.626. The molecule has 0 saturated carbocycles. The van der Waals surface area contributed by atoms with Crippen LogP contribution in [0, 0.1) is 11.8 Å². The number of fused-ring (bicyclic) bond motifs is 2. The summed E-state index contributed by atoms with van der Waals surface area (Å²) in [5.41, 5.74) is 10.7. The fourth-order valence-corrected chi connectivity index (χ4v) is 10.1. The molecule has 0 aromatic heterocycles. The molecule has 1 unspecified atom stereocenters. The first kappa shape index (κ1) is 41.2. The van der Waals surface area contributed by atoms with E-state index in [0.29, 0.717) is 11.8 Å². The van der Waals surface area contributed by atoms with Crippen LogP contribution in [0.5, 0.6) is 0 Å². The van der Waals surface area contributed by atoms with Gasteiger partial charge in [0, 0.05) is 77.9 Å². The number of nitrogens with zero attached hydrogens (tertiary/aromatic N) is 4. The summed E-state index contributed by atoms with van der Waals surface area (Å²) in [6.07, 6.45) is 14.5. The molecule has 0 amide bonds. The van der Waals surface area contributed by atoms with Gasteiger partial charge in [-0.25, -0.2) is 0 Å². The first-order valence-electron chi connectivity index (χ1n) is 22.7. The largest absolute Gasteiger partial charge is 0.302 e. The van der Waals surface area contributed by atoms with Crippen molar-refractivity contribution in [1.82, 2.24) is 19.6 Å². The average Bonchev–Trinajstić information content (AvgIpc) is 3.85. The molecule has 4 heteroatoms. The van der Waals surface area contributed by atoms with Crippen LogP contribution in [0.1, 0.15) is 58.6 Å². The van der Waals surface area contributed by atoms with Crippen molar-refractivity contribution < 1.29 is 0 Å². The zero-order valence-corrected chi connectivity index (χ0v) is 35.3. The third-order valence-electron chi connectivity index (χ3n) is 13.2. The zero-order valence-electron chi connectivity index (χ0n) is 35.3. The molecular weight excluding hydrogens is 717 g/mol. The maximum atomic E-state index is 2.73. The van der Waals surface area contributed by atoms with E-state index in [1.165, 1.54) is 108 Å². The van der Waals surface area contributed by atoms with Gasteiger partial charge in [0.1, 0.15) is 0 Å². The molecule has 4 nitrogen and oxygen atoms in total. The molecule has 10 rings (SSSR count). The molecule has 2 saturated heterocycles. The normalized spacial score (nSPS) is 22.2. The maximum Gasteiger partial charge on any atom is 0.0236 e. The minimum Gasteiger partial charge on any atom is -0.302 e. The van der Waals surface area contributed by atoms with Crippen LogP contribution < -0.4 is 0 Å². The summed E-state index contributed by atoms with van der Waals surface area (Å²) in [4.78, 5) is 10.7. The van der Waals surface area contributed by atoms with E-state index in [4.69, 9.17) is 0 Å². The van der Waals surface area contributed by atoms with Crippen molar-refractivity contribution >= 4 is 0 Å². The van der Waals surface area contributed by atoms with Crippen molar-refractivity contribution in [2.45, 2.75) is 57.5 Å². The number of rotatable bonds is 9. The summed E-state index contributed by atoms with van der Waals surface area (Å²) >= 11 is 0. The van der Waals surface area contributed by atoms with Crippen LogP contribution in [0.15, 0.2) is 169 Å². The average molecular weight is 783 g/mol. The van der Waals surface area contributed by atoms with E-state index in [0.717, 1.165) is 32.1 Å². The predicted molar refractivity (Wildman–Crippen MR) is 248 cm³/mol. The van der Waals surface area contributed by atoms with Crippen molar-refractivity contribution in [2.24, 2.45) is 11.8 Å². The lowest BCUT2D eigenvalue weighted by Gasteiger charge is -2.30. The molecule has 1 aliphatic carbocycles. The second-order valence-corrected chi connectivity index (χ2v) is 17.6. The second kappa shape index (κ2) is 21.6. The van der Waals surface area contributed by atoms with Crippen LogP contribution in [0.4, 0.5) is 0 Å². The highest BCUT2D eigenvalue weighted by molar-refractivity contribution is 5.30. The van der Waals surface area contributed by atoms with E-state index >= 15 is 0 Å². The van der Waals surface area contributed by atoms with E-state index < -0.39 is 0 Å². The Morgan fingerprint density at radius 2 is 1.03 bits per heavy atom. The Hall–Kier alpha value is -4.58. The fraction of sp³-hybridized carbons (Fsp3) is 0.382. The maximum absolute atomic E-state index is 2.73. The van der Waals surface area contributed by atoms with Gasteiger partial charge in [-0.05, 0) is 95.9 Å². The smallest absolute Gasteiger partial charge is 0.0236 e. The minimum absolute atomic E-state index is 0.626. The lowest BCUT2D eigenvalue weighted by atomic mass is 9.88. The summed E-state index contributed by atoms with van der Waals surface area (Å²) in [5, 5.41) is 0. The van der Waals surface area contributed by atoms with Gasteiger partial charge in [-0.15, -0.1) is 0 Å². The lowest BCUT2D eigenvalue weighted by molar-refractivity contribution is 0.212. The number of hydrogen-bond donors (Lipinski definition) is 0. The number of allylic oxidation sites excluding steroid dienone is 2. The third kappa shape index (κ3) is 12.2. The highest BCUT2D eigenvalue weighted by atomic mass is 15.2. The van der Waals surface area contributed by atoms with Gasteiger partial charge in [0.15, 0.2) is 0 Å². The molecule has 5 aliphatic rings. The Morgan fingerprint density at radius 1 is 0.458 bits per heavy atom. The van der Waals surface area contributed by atoms with Crippen molar-refractivity contribution in [3.63, 3.8) is 0 Å². The highest BCUT2D eigenvalue weighted by Crippen LogP contribution is 2.34. The molecular formula is C55H66N4. The fourth-order valence-electron chi connectivity index (χ4n) is 10.1.